The van der Waals surface area contributed by atoms with Crippen molar-refractivity contribution in [1.82, 2.24) is 24.9 Å². The monoisotopic (exact) mass is 278 g/mol. The lowest BCUT2D eigenvalue weighted by atomic mass is 10.3. The second-order valence-corrected chi connectivity index (χ2v) is 4.94. The number of rotatable bonds is 4. The number of nitrogens with zero attached hydrogens (tertiary/aromatic N) is 3. The summed E-state index contributed by atoms with van der Waals surface area (Å²) < 4.78 is 1.37. The molecule has 0 aliphatic heterocycles. The Morgan fingerprint density at radius 1 is 1.40 bits per heavy atom. The second-order valence-electron chi connectivity index (χ2n) is 4.94. The molecule has 0 aromatic carbocycles. The predicted molar refractivity (Wildman–Crippen MR) is 74.7 cm³/mol. The maximum Gasteiger partial charge on any atom is 0.349 e. The van der Waals surface area contributed by atoms with Gasteiger partial charge in [-0.25, -0.2) is 19.3 Å². The van der Waals surface area contributed by atoms with E-state index in [1.165, 1.54) is 4.40 Å². The van der Waals surface area contributed by atoms with Crippen LogP contribution in [0.2, 0.25) is 0 Å². The Bertz CT molecular complexity index is 687. The lowest BCUT2D eigenvalue weighted by molar-refractivity contribution is -0.122. The first-order chi connectivity index (χ1) is 9.38. The third-order valence-corrected chi connectivity index (χ3v) is 2.76. The molecule has 8 heteroatoms. The number of aryl methyl sites for hydroxylation is 1. The van der Waals surface area contributed by atoms with E-state index in [9.17, 15) is 9.59 Å². The standard InChI is InChI=1S/C12H18N6O2/c1-6(2)13-11(19)7(3)14-9-5-10-16-17-12(20)18(10)8(4)15-9/h5-7,14H,1-4H3,(H,13,19)(H,17,20). The number of H-pyrrole nitrogens is 1. The van der Waals surface area contributed by atoms with Gasteiger partial charge >= 0.3 is 5.69 Å². The lowest BCUT2D eigenvalue weighted by Crippen LogP contribution is -2.41. The van der Waals surface area contributed by atoms with E-state index in [1.54, 1.807) is 19.9 Å². The first kappa shape index (κ1) is 14.0. The summed E-state index contributed by atoms with van der Waals surface area (Å²) in [7, 11) is 0. The van der Waals surface area contributed by atoms with E-state index in [4.69, 9.17) is 0 Å². The molecule has 108 valence electrons. The third-order valence-electron chi connectivity index (χ3n) is 2.76. The topological polar surface area (TPSA) is 104 Å². The Morgan fingerprint density at radius 2 is 2.10 bits per heavy atom. The number of carbonyl (C=O) groups excluding carboxylic acids is 1. The number of hydrogen-bond donors (Lipinski definition) is 3. The molecule has 0 bridgehead atoms. The lowest BCUT2D eigenvalue weighted by Gasteiger charge is -2.16. The van der Waals surface area contributed by atoms with Crippen LogP contribution in [0.25, 0.3) is 5.65 Å². The Morgan fingerprint density at radius 3 is 2.75 bits per heavy atom. The molecule has 8 nitrogen and oxygen atoms in total. The average Bonchev–Trinajstić information content (AvgIpc) is 2.70. The second kappa shape index (κ2) is 5.32. The summed E-state index contributed by atoms with van der Waals surface area (Å²) in [5.74, 6) is 0.888. The summed E-state index contributed by atoms with van der Waals surface area (Å²) in [6.07, 6.45) is 0. The average molecular weight is 278 g/mol. The number of anilines is 1. The minimum atomic E-state index is -0.433. The fourth-order valence-electron chi connectivity index (χ4n) is 1.87. The zero-order valence-electron chi connectivity index (χ0n) is 11.9. The van der Waals surface area contributed by atoms with E-state index in [1.807, 2.05) is 13.8 Å². The van der Waals surface area contributed by atoms with Crippen LogP contribution in [-0.4, -0.2) is 37.6 Å². The van der Waals surface area contributed by atoms with Gasteiger partial charge in [0.1, 0.15) is 17.7 Å². The number of fused-ring (bicyclic) bond motifs is 1. The van der Waals surface area contributed by atoms with Crippen molar-refractivity contribution in [3.63, 3.8) is 0 Å². The molecule has 2 rings (SSSR count). The van der Waals surface area contributed by atoms with Crippen molar-refractivity contribution in [3.8, 4) is 0 Å². The van der Waals surface area contributed by atoms with Crippen molar-refractivity contribution in [2.45, 2.75) is 39.8 Å². The van der Waals surface area contributed by atoms with Crippen LogP contribution >= 0.6 is 0 Å². The van der Waals surface area contributed by atoms with Gasteiger partial charge in [-0.05, 0) is 27.7 Å². The van der Waals surface area contributed by atoms with E-state index in [0.717, 1.165) is 0 Å². The van der Waals surface area contributed by atoms with Crippen molar-refractivity contribution >= 4 is 17.4 Å². The van der Waals surface area contributed by atoms with E-state index in [-0.39, 0.29) is 17.6 Å². The first-order valence-corrected chi connectivity index (χ1v) is 6.40. The highest BCUT2D eigenvalue weighted by Crippen LogP contribution is 2.09. The van der Waals surface area contributed by atoms with Crippen molar-refractivity contribution < 1.29 is 4.79 Å². The fourth-order valence-corrected chi connectivity index (χ4v) is 1.87. The molecule has 2 heterocycles. The molecule has 1 amide bonds. The molecule has 0 aliphatic carbocycles. The Balaban J connectivity index is 2.22. The van der Waals surface area contributed by atoms with Gasteiger partial charge in [-0.3, -0.25) is 4.79 Å². The highest BCUT2D eigenvalue weighted by atomic mass is 16.2. The van der Waals surface area contributed by atoms with Crippen LogP contribution in [-0.2, 0) is 4.79 Å². The van der Waals surface area contributed by atoms with Crippen LogP contribution < -0.4 is 16.3 Å². The fraction of sp³-hybridized carbons (Fsp3) is 0.500. The van der Waals surface area contributed by atoms with Gasteiger partial charge in [0, 0.05) is 12.1 Å². The zero-order valence-corrected chi connectivity index (χ0v) is 11.9. The molecule has 0 saturated carbocycles. The summed E-state index contributed by atoms with van der Waals surface area (Å²) in [5, 5.41) is 12.1. The van der Waals surface area contributed by atoms with Crippen LogP contribution in [0.5, 0.6) is 0 Å². The molecule has 0 spiro atoms. The number of amides is 1. The smallest absolute Gasteiger partial charge is 0.349 e. The number of nitrogens with one attached hydrogen (secondary N) is 3. The Labute approximate surface area is 115 Å². The summed E-state index contributed by atoms with van der Waals surface area (Å²) in [6.45, 7) is 7.24. The van der Waals surface area contributed by atoms with Crippen LogP contribution in [0.3, 0.4) is 0 Å². The highest BCUT2D eigenvalue weighted by Gasteiger charge is 2.15. The number of aromatic nitrogens is 4. The minimum absolute atomic E-state index is 0.0776. The number of aromatic amines is 1. The first-order valence-electron chi connectivity index (χ1n) is 6.40. The van der Waals surface area contributed by atoms with Gasteiger partial charge in [-0.1, -0.05) is 0 Å². The van der Waals surface area contributed by atoms with Gasteiger partial charge in [-0.15, -0.1) is 0 Å². The SMILES string of the molecule is Cc1nc(NC(C)C(=O)NC(C)C)cc2n[nH]c(=O)n12. The van der Waals surface area contributed by atoms with Gasteiger partial charge < -0.3 is 10.6 Å². The van der Waals surface area contributed by atoms with Gasteiger partial charge in [0.15, 0.2) is 5.65 Å². The molecule has 0 saturated heterocycles. The summed E-state index contributed by atoms with van der Waals surface area (Å²) in [6, 6.07) is 1.26. The largest absolute Gasteiger partial charge is 0.358 e. The maximum atomic E-state index is 11.8. The quantitative estimate of drug-likeness (QED) is 0.733. The van der Waals surface area contributed by atoms with Crippen molar-refractivity contribution in [2.75, 3.05) is 5.32 Å². The predicted octanol–water partition coefficient (Wildman–Crippen LogP) is 0.0510. The van der Waals surface area contributed by atoms with Gasteiger partial charge in [-0.2, -0.15) is 5.10 Å². The summed E-state index contributed by atoms with van der Waals surface area (Å²) >= 11 is 0. The third kappa shape index (κ3) is 2.79. The molecule has 0 radical (unpaired) electrons. The summed E-state index contributed by atoms with van der Waals surface area (Å²) in [5.41, 5.74) is 0.128. The normalized spacial score (nSPS) is 12.7. The van der Waals surface area contributed by atoms with Crippen LogP contribution in [0.4, 0.5) is 5.82 Å². The molecular weight excluding hydrogens is 260 g/mol. The Hall–Kier alpha value is -2.38. The highest BCUT2D eigenvalue weighted by molar-refractivity contribution is 5.84. The van der Waals surface area contributed by atoms with Crippen molar-refractivity contribution in [2.24, 2.45) is 0 Å². The maximum absolute atomic E-state index is 11.8. The molecule has 3 N–H and O–H groups in total. The van der Waals surface area contributed by atoms with E-state index < -0.39 is 6.04 Å². The molecule has 20 heavy (non-hydrogen) atoms. The minimum Gasteiger partial charge on any atom is -0.358 e. The van der Waals surface area contributed by atoms with Crippen molar-refractivity contribution in [1.29, 1.82) is 0 Å². The number of hydrogen-bond acceptors (Lipinski definition) is 5. The van der Waals surface area contributed by atoms with E-state index in [2.05, 4.69) is 25.8 Å². The summed E-state index contributed by atoms with van der Waals surface area (Å²) in [4.78, 5) is 27.6. The molecule has 0 aliphatic rings. The molecule has 1 unspecified atom stereocenters. The van der Waals surface area contributed by atoms with Crippen LogP contribution in [0.15, 0.2) is 10.9 Å². The van der Waals surface area contributed by atoms with Gasteiger partial charge in [0.25, 0.3) is 0 Å². The zero-order chi connectivity index (χ0) is 14.9. The molecule has 2 aromatic heterocycles. The van der Waals surface area contributed by atoms with E-state index >= 15 is 0 Å². The van der Waals surface area contributed by atoms with Crippen LogP contribution in [0, 0.1) is 6.92 Å². The van der Waals surface area contributed by atoms with Gasteiger partial charge in [0.2, 0.25) is 5.91 Å². The molecule has 2 aromatic rings. The Kier molecular flexibility index (Phi) is 3.73. The van der Waals surface area contributed by atoms with Crippen molar-refractivity contribution in [3.05, 3.63) is 22.4 Å². The van der Waals surface area contributed by atoms with Crippen LogP contribution in [0.1, 0.15) is 26.6 Å². The molecule has 0 fully saturated rings. The molecular formula is C12H18N6O2. The molecule has 1 atom stereocenters. The number of carbonyl (C=O) groups is 1. The van der Waals surface area contributed by atoms with E-state index in [0.29, 0.717) is 17.3 Å². The van der Waals surface area contributed by atoms with Gasteiger partial charge in [0.05, 0.1) is 0 Å².